The number of ether oxygens (including phenoxy) is 1. The zero-order valence-electron chi connectivity index (χ0n) is 18.0. The van der Waals surface area contributed by atoms with Crippen molar-refractivity contribution in [1.82, 2.24) is 0 Å². The van der Waals surface area contributed by atoms with E-state index in [9.17, 15) is 0 Å². The van der Waals surface area contributed by atoms with Gasteiger partial charge >= 0.3 is 0 Å². The lowest BCUT2D eigenvalue weighted by atomic mass is 10.1. The van der Waals surface area contributed by atoms with E-state index in [-0.39, 0.29) is 0 Å². The van der Waals surface area contributed by atoms with Gasteiger partial charge in [0.2, 0.25) is 0 Å². The molecule has 9 aromatic rings. The molecule has 6 aromatic heterocycles. The summed E-state index contributed by atoms with van der Waals surface area (Å²) in [4.78, 5) is 0. The first kappa shape index (κ1) is 20.5. The van der Waals surface area contributed by atoms with Gasteiger partial charge in [-0.2, -0.15) is 0 Å². The Labute approximate surface area is 179 Å². The molecule has 0 aliphatic heterocycles. The summed E-state index contributed by atoms with van der Waals surface area (Å²) in [5.41, 5.74) is 1.61. The molecule has 0 spiro atoms. The van der Waals surface area contributed by atoms with Crippen molar-refractivity contribution >= 4 is 32.7 Å². The van der Waals surface area contributed by atoms with Gasteiger partial charge in [0.1, 0.15) is 5.58 Å². The smallest absolute Gasteiger partial charge is 0.169 e. The van der Waals surface area contributed by atoms with Crippen LogP contribution >= 0.6 is 0 Å². The van der Waals surface area contributed by atoms with Crippen molar-refractivity contribution in [2.45, 2.75) is 58.3 Å². The third kappa shape index (κ3) is 5.24. The predicted octanol–water partition coefficient (Wildman–Crippen LogP) is 8.82. The van der Waals surface area contributed by atoms with Crippen LogP contribution in [0.3, 0.4) is 0 Å². The predicted molar refractivity (Wildman–Crippen MR) is 128 cm³/mol. The van der Waals surface area contributed by atoms with E-state index >= 15 is 0 Å². The standard InChI is InChI=1S/C28H32O2/c1-2-3-4-5-6-7-8-9-20-29-28-21-25-16-19-27(28)30-26-17-14-23(15-18-26)22-10-12-24(25)13-11-22/h10-19,21H,2-9,20H2,1H3. The number of unbranched alkanes of at least 4 members (excludes halogenated alkanes) is 7. The molecule has 9 rings (SSSR count). The summed E-state index contributed by atoms with van der Waals surface area (Å²) < 4.78 is 12.4. The van der Waals surface area contributed by atoms with Crippen LogP contribution in [0.25, 0.3) is 32.7 Å². The second-order valence-corrected chi connectivity index (χ2v) is 8.19. The van der Waals surface area contributed by atoms with Gasteiger partial charge in [0.05, 0.1) is 6.61 Å². The van der Waals surface area contributed by atoms with Crippen molar-refractivity contribution in [1.29, 1.82) is 0 Å². The second-order valence-electron chi connectivity index (χ2n) is 8.19. The summed E-state index contributed by atoms with van der Waals surface area (Å²) in [7, 11) is 0. The number of rotatable bonds is 10. The van der Waals surface area contributed by atoms with Gasteiger partial charge in [-0.25, -0.2) is 0 Å². The first-order valence-corrected chi connectivity index (χ1v) is 11.5. The monoisotopic (exact) mass is 400 g/mol. The van der Waals surface area contributed by atoms with E-state index in [2.05, 4.69) is 55.5 Å². The van der Waals surface area contributed by atoms with Crippen LogP contribution in [0.5, 0.6) is 5.75 Å². The summed E-state index contributed by atoms with van der Waals surface area (Å²) in [6.45, 7) is 2.99. The molecule has 30 heavy (non-hydrogen) atoms. The minimum Gasteiger partial charge on any atom is -0.490 e. The van der Waals surface area contributed by atoms with Crippen molar-refractivity contribution in [3.63, 3.8) is 0 Å². The van der Waals surface area contributed by atoms with Crippen LogP contribution in [0.2, 0.25) is 0 Å². The maximum absolute atomic E-state index is 6.20. The van der Waals surface area contributed by atoms with Crippen molar-refractivity contribution in [3.8, 4) is 5.75 Å². The fourth-order valence-electron chi connectivity index (χ4n) is 4.00. The van der Waals surface area contributed by atoms with E-state index in [1.165, 1.54) is 61.1 Å². The van der Waals surface area contributed by atoms with Gasteiger partial charge in [-0.3, -0.25) is 0 Å². The van der Waals surface area contributed by atoms with Gasteiger partial charge in [0, 0.05) is 0 Å². The number of hydrogen-bond donors (Lipinski definition) is 0. The largest absolute Gasteiger partial charge is 0.490 e. The maximum Gasteiger partial charge on any atom is 0.169 e. The van der Waals surface area contributed by atoms with Gasteiger partial charge in [0.25, 0.3) is 0 Å². The summed E-state index contributed by atoms with van der Waals surface area (Å²) >= 11 is 0. The highest BCUT2D eigenvalue weighted by atomic mass is 16.5. The highest BCUT2D eigenvalue weighted by Crippen LogP contribution is 2.27. The molecule has 0 aliphatic carbocycles. The highest BCUT2D eigenvalue weighted by molar-refractivity contribution is 5.90. The Balaban J connectivity index is 1.52. The van der Waals surface area contributed by atoms with Gasteiger partial charge in [0.15, 0.2) is 11.3 Å². The molecule has 2 nitrogen and oxygen atoms in total. The molecule has 0 N–H and O–H groups in total. The molecule has 0 saturated carbocycles. The van der Waals surface area contributed by atoms with E-state index in [1.54, 1.807) is 0 Å². The molecule has 0 amide bonds. The molecule has 0 unspecified atom stereocenters. The van der Waals surface area contributed by atoms with Gasteiger partial charge < -0.3 is 9.15 Å². The third-order valence-corrected chi connectivity index (χ3v) is 5.83. The molecule has 0 saturated heterocycles. The molecule has 0 atom stereocenters. The molecular weight excluding hydrogens is 368 g/mol. The minimum absolute atomic E-state index is 0.729. The topological polar surface area (TPSA) is 22.4 Å². The van der Waals surface area contributed by atoms with E-state index < -0.39 is 0 Å². The summed E-state index contributed by atoms with van der Waals surface area (Å²) in [6.07, 6.45) is 10.4. The molecule has 2 heteroatoms. The van der Waals surface area contributed by atoms with Crippen molar-refractivity contribution in [3.05, 3.63) is 66.7 Å². The van der Waals surface area contributed by atoms with Crippen LogP contribution in [0.15, 0.2) is 71.1 Å². The van der Waals surface area contributed by atoms with Crippen molar-refractivity contribution < 1.29 is 9.15 Å². The van der Waals surface area contributed by atoms with Crippen LogP contribution in [0.1, 0.15) is 58.3 Å². The van der Waals surface area contributed by atoms with Crippen LogP contribution in [0.4, 0.5) is 0 Å². The minimum atomic E-state index is 0.729. The lowest BCUT2D eigenvalue weighted by molar-refractivity contribution is 0.304. The van der Waals surface area contributed by atoms with Crippen LogP contribution < -0.4 is 4.74 Å². The Morgan fingerprint density at radius 2 is 1.13 bits per heavy atom. The lowest BCUT2D eigenvalue weighted by Gasteiger charge is -2.08. The first-order chi connectivity index (χ1) is 14.8. The zero-order chi connectivity index (χ0) is 20.6. The Hall–Kier alpha value is -2.74. The van der Waals surface area contributed by atoms with Crippen molar-refractivity contribution in [2.24, 2.45) is 0 Å². The van der Waals surface area contributed by atoms with Gasteiger partial charge in [-0.15, -0.1) is 0 Å². The van der Waals surface area contributed by atoms with E-state index in [0.717, 1.165) is 35.3 Å². The molecule has 6 bridgehead atoms. The highest BCUT2D eigenvalue weighted by Gasteiger charge is 2.04. The van der Waals surface area contributed by atoms with E-state index in [1.807, 2.05) is 18.2 Å². The zero-order valence-corrected chi connectivity index (χ0v) is 18.0. The Kier molecular flexibility index (Phi) is 7.07. The van der Waals surface area contributed by atoms with Crippen LogP contribution in [0, 0.1) is 0 Å². The Morgan fingerprint density at radius 3 is 1.80 bits per heavy atom. The SMILES string of the molecule is CCCCCCCCCCOc1cc2ccc1oc1ccc(cc1)c1ccc2cc1. The number of hydrogen-bond acceptors (Lipinski definition) is 2. The molecule has 0 aliphatic rings. The van der Waals surface area contributed by atoms with Crippen LogP contribution in [-0.4, -0.2) is 6.61 Å². The molecule has 0 fully saturated rings. The molecular formula is C28H32O2. The normalized spacial score (nSPS) is 11.4. The fourth-order valence-corrected chi connectivity index (χ4v) is 4.00. The second kappa shape index (κ2) is 10.3. The van der Waals surface area contributed by atoms with Crippen LogP contribution in [-0.2, 0) is 0 Å². The first-order valence-electron chi connectivity index (χ1n) is 11.5. The summed E-state index contributed by atoms with van der Waals surface area (Å²) in [5, 5.41) is 4.76. The quantitative estimate of drug-likeness (QED) is 0.248. The molecule has 156 valence electrons. The molecule has 0 radical (unpaired) electrons. The molecule has 3 aromatic carbocycles. The van der Waals surface area contributed by atoms with Gasteiger partial charge in [-0.05, 0) is 52.2 Å². The lowest BCUT2D eigenvalue weighted by Crippen LogP contribution is -1.97. The maximum atomic E-state index is 6.20. The van der Waals surface area contributed by atoms with E-state index in [4.69, 9.17) is 9.15 Å². The summed E-state index contributed by atoms with van der Waals surface area (Å²) in [5.74, 6) is 0.822. The van der Waals surface area contributed by atoms with Crippen molar-refractivity contribution in [2.75, 3.05) is 6.61 Å². The fraction of sp³-hybridized carbons (Fsp3) is 0.357. The number of benzene rings is 3. The average Bonchev–Trinajstić information content (AvgIpc) is 2.84. The Bertz CT molecular complexity index is 1080. The summed E-state index contributed by atoms with van der Waals surface area (Å²) in [6, 6.07) is 23.2. The van der Waals surface area contributed by atoms with Gasteiger partial charge in [-0.1, -0.05) is 94.3 Å². The molecule has 6 heterocycles. The average molecular weight is 401 g/mol. The Morgan fingerprint density at radius 1 is 0.600 bits per heavy atom. The third-order valence-electron chi connectivity index (χ3n) is 5.83. The van der Waals surface area contributed by atoms with E-state index in [0.29, 0.717) is 0 Å².